The zero-order valence-electron chi connectivity index (χ0n) is 11.7. The summed E-state index contributed by atoms with van der Waals surface area (Å²) in [5, 5.41) is 2.10. The summed E-state index contributed by atoms with van der Waals surface area (Å²) < 4.78 is 0. The van der Waals surface area contributed by atoms with Crippen LogP contribution in [0, 0.1) is 0 Å². The Kier molecular flexibility index (Phi) is 3.74. The fraction of sp³-hybridized carbons (Fsp3) is 0.312. The Morgan fingerprint density at radius 1 is 1.26 bits per heavy atom. The van der Waals surface area contributed by atoms with Crippen molar-refractivity contribution in [3.8, 4) is 0 Å². The number of nitrogens with two attached hydrogens (primary N) is 1. The van der Waals surface area contributed by atoms with Gasteiger partial charge in [-0.15, -0.1) is 0 Å². The van der Waals surface area contributed by atoms with Gasteiger partial charge in [0.05, 0.1) is 5.56 Å². The van der Waals surface area contributed by atoms with E-state index in [9.17, 15) is 4.79 Å². The van der Waals surface area contributed by atoms with E-state index in [2.05, 4.69) is 6.92 Å². The number of carbonyl (C=O) groups excluding carboxylic acids is 1. The van der Waals surface area contributed by atoms with E-state index in [0.717, 1.165) is 17.2 Å². The number of nitrogens with zero attached hydrogens (tertiary/aromatic N) is 1. The zero-order chi connectivity index (χ0) is 14.0. The minimum atomic E-state index is -0.0161. The molecule has 0 aliphatic rings. The molecule has 3 heteroatoms. The number of rotatable bonds is 3. The molecule has 0 heterocycles. The fourth-order valence-corrected chi connectivity index (χ4v) is 2.11. The van der Waals surface area contributed by atoms with Gasteiger partial charge in [0.2, 0.25) is 0 Å². The lowest BCUT2D eigenvalue weighted by Gasteiger charge is -2.24. The minimum absolute atomic E-state index is 0.0161. The van der Waals surface area contributed by atoms with Gasteiger partial charge < -0.3 is 10.6 Å². The molecule has 1 atom stereocenters. The molecule has 2 aromatic rings. The van der Waals surface area contributed by atoms with Crippen LogP contribution in [0.4, 0.5) is 5.69 Å². The smallest absolute Gasteiger partial charge is 0.255 e. The quantitative estimate of drug-likeness (QED) is 0.856. The number of carbonyl (C=O) groups is 1. The Balaban J connectivity index is 2.44. The molecule has 0 radical (unpaired) electrons. The van der Waals surface area contributed by atoms with Crippen molar-refractivity contribution in [1.29, 1.82) is 0 Å². The van der Waals surface area contributed by atoms with Gasteiger partial charge >= 0.3 is 0 Å². The van der Waals surface area contributed by atoms with E-state index in [1.54, 1.807) is 4.90 Å². The molecule has 0 spiro atoms. The van der Waals surface area contributed by atoms with Gasteiger partial charge in [0, 0.05) is 18.8 Å². The number of hydrogen-bond acceptors (Lipinski definition) is 2. The van der Waals surface area contributed by atoms with Crippen LogP contribution in [-0.2, 0) is 0 Å². The van der Waals surface area contributed by atoms with E-state index in [-0.39, 0.29) is 11.9 Å². The van der Waals surface area contributed by atoms with Crippen molar-refractivity contribution in [2.24, 2.45) is 0 Å². The molecule has 0 saturated carbocycles. The van der Waals surface area contributed by atoms with Crippen molar-refractivity contribution in [1.82, 2.24) is 4.90 Å². The first-order chi connectivity index (χ1) is 9.04. The van der Waals surface area contributed by atoms with E-state index in [1.165, 1.54) is 0 Å². The Morgan fingerprint density at radius 2 is 1.84 bits per heavy atom. The highest BCUT2D eigenvalue weighted by Gasteiger charge is 2.18. The lowest BCUT2D eigenvalue weighted by Crippen LogP contribution is -2.35. The van der Waals surface area contributed by atoms with E-state index in [0.29, 0.717) is 11.3 Å². The molecule has 0 fully saturated rings. The lowest BCUT2D eigenvalue weighted by molar-refractivity contribution is 0.0742. The summed E-state index contributed by atoms with van der Waals surface area (Å²) in [6.07, 6.45) is 0.926. The number of nitrogen functional groups attached to an aromatic ring is 1. The first kappa shape index (κ1) is 13.4. The standard InChI is InChI=1S/C16H20N2O/c1-4-11(2)18(3)16(19)14-9-12-7-5-6-8-13(12)10-15(14)17/h5-11H,4,17H2,1-3H3. The number of anilines is 1. The molecule has 1 unspecified atom stereocenters. The SMILES string of the molecule is CCC(C)N(C)C(=O)c1cc2ccccc2cc1N. The Labute approximate surface area is 114 Å². The molecule has 2 rings (SSSR count). The van der Waals surface area contributed by atoms with Gasteiger partial charge in [-0.25, -0.2) is 0 Å². The van der Waals surface area contributed by atoms with Gasteiger partial charge in [0.25, 0.3) is 5.91 Å². The van der Waals surface area contributed by atoms with Crippen molar-refractivity contribution < 1.29 is 4.79 Å². The highest BCUT2D eigenvalue weighted by atomic mass is 16.2. The van der Waals surface area contributed by atoms with Crippen LogP contribution in [0.1, 0.15) is 30.6 Å². The van der Waals surface area contributed by atoms with Gasteiger partial charge in [-0.1, -0.05) is 31.2 Å². The molecular weight excluding hydrogens is 236 g/mol. The molecule has 0 aromatic heterocycles. The molecule has 0 aliphatic heterocycles. The zero-order valence-corrected chi connectivity index (χ0v) is 11.7. The first-order valence-electron chi connectivity index (χ1n) is 6.60. The average molecular weight is 256 g/mol. The van der Waals surface area contributed by atoms with E-state index in [4.69, 9.17) is 5.73 Å². The third kappa shape index (κ3) is 2.55. The first-order valence-corrected chi connectivity index (χ1v) is 6.60. The lowest BCUT2D eigenvalue weighted by atomic mass is 10.0. The van der Waals surface area contributed by atoms with Gasteiger partial charge in [-0.3, -0.25) is 4.79 Å². The summed E-state index contributed by atoms with van der Waals surface area (Å²) in [6, 6.07) is 11.9. The largest absolute Gasteiger partial charge is 0.398 e. The highest BCUT2D eigenvalue weighted by Crippen LogP contribution is 2.23. The summed E-state index contributed by atoms with van der Waals surface area (Å²) in [5.74, 6) is -0.0161. The van der Waals surface area contributed by atoms with Gasteiger partial charge in [0.1, 0.15) is 0 Å². The van der Waals surface area contributed by atoms with Crippen molar-refractivity contribution in [3.05, 3.63) is 42.0 Å². The number of hydrogen-bond donors (Lipinski definition) is 1. The molecule has 1 amide bonds. The summed E-state index contributed by atoms with van der Waals surface area (Å²) in [6.45, 7) is 4.10. The Hall–Kier alpha value is -2.03. The molecule has 0 saturated heterocycles. The molecule has 3 nitrogen and oxygen atoms in total. The van der Waals surface area contributed by atoms with Gasteiger partial charge in [-0.05, 0) is 36.2 Å². The van der Waals surface area contributed by atoms with E-state index >= 15 is 0 Å². The summed E-state index contributed by atoms with van der Waals surface area (Å²) in [4.78, 5) is 14.2. The monoisotopic (exact) mass is 256 g/mol. The maximum absolute atomic E-state index is 12.5. The highest BCUT2D eigenvalue weighted by molar-refractivity contribution is 6.03. The maximum atomic E-state index is 12.5. The van der Waals surface area contributed by atoms with Crippen LogP contribution in [0.15, 0.2) is 36.4 Å². The topological polar surface area (TPSA) is 46.3 Å². The predicted octanol–water partition coefficient (Wildman–Crippen LogP) is 3.29. The normalized spacial score (nSPS) is 12.4. The average Bonchev–Trinajstić information content (AvgIpc) is 2.44. The van der Waals surface area contributed by atoms with Gasteiger partial charge in [-0.2, -0.15) is 0 Å². The molecule has 0 bridgehead atoms. The number of benzene rings is 2. The molecule has 19 heavy (non-hydrogen) atoms. The summed E-state index contributed by atoms with van der Waals surface area (Å²) >= 11 is 0. The van der Waals surface area contributed by atoms with Crippen LogP contribution >= 0.6 is 0 Å². The molecule has 2 aromatic carbocycles. The number of fused-ring (bicyclic) bond motifs is 1. The van der Waals surface area contributed by atoms with Gasteiger partial charge in [0.15, 0.2) is 0 Å². The van der Waals surface area contributed by atoms with Crippen LogP contribution in [0.3, 0.4) is 0 Å². The van der Waals surface area contributed by atoms with Crippen molar-refractivity contribution in [2.75, 3.05) is 12.8 Å². The molecule has 0 aliphatic carbocycles. The predicted molar refractivity (Wildman–Crippen MR) is 80.2 cm³/mol. The van der Waals surface area contributed by atoms with Crippen molar-refractivity contribution in [3.63, 3.8) is 0 Å². The van der Waals surface area contributed by atoms with E-state index < -0.39 is 0 Å². The van der Waals surface area contributed by atoms with Crippen LogP contribution in [0.2, 0.25) is 0 Å². The number of amides is 1. The van der Waals surface area contributed by atoms with Crippen LogP contribution in [-0.4, -0.2) is 23.9 Å². The Morgan fingerprint density at radius 3 is 2.42 bits per heavy atom. The molecule has 100 valence electrons. The minimum Gasteiger partial charge on any atom is -0.398 e. The third-order valence-corrected chi connectivity index (χ3v) is 3.72. The second-order valence-corrected chi connectivity index (χ2v) is 4.96. The maximum Gasteiger partial charge on any atom is 0.255 e. The van der Waals surface area contributed by atoms with E-state index in [1.807, 2.05) is 50.4 Å². The summed E-state index contributed by atoms with van der Waals surface area (Å²) in [5.41, 5.74) is 7.14. The Bertz CT molecular complexity index is 607. The fourth-order valence-electron chi connectivity index (χ4n) is 2.11. The summed E-state index contributed by atoms with van der Waals surface area (Å²) in [7, 11) is 1.82. The second kappa shape index (κ2) is 5.31. The van der Waals surface area contributed by atoms with Crippen LogP contribution < -0.4 is 5.73 Å². The van der Waals surface area contributed by atoms with Crippen LogP contribution in [0.25, 0.3) is 10.8 Å². The third-order valence-electron chi connectivity index (χ3n) is 3.72. The van der Waals surface area contributed by atoms with Crippen molar-refractivity contribution >= 4 is 22.4 Å². The molecular formula is C16H20N2O. The van der Waals surface area contributed by atoms with Crippen LogP contribution in [0.5, 0.6) is 0 Å². The molecule has 2 N–H and O–H groups in total. The van der Waals surface area contributed by atoms with Crippen molar-refractivity contribution in [2.45, 2.75) is 26.3 Å². The second-order valence-electron chi connectivity index (χ2n) is 4.96.